The van der Waals surface area contributed by atoms with Crippen molar-refractivity contribution in [3.05, 3.63) is 28.5 Å². The van der Waals surface area contributed by atoms with Gasteiger partial charge in [0.1, 0.15) is 0 Å². The third-order valence-corrected chi connectivity index (χ3v) is 3.06. The van der Waals surface area contributed by atoms with Crippen LogP contribution in [0.3, 0.4) is 0 Å². The summed E-state index contributed by atoms with van der Waals surface area (Å²) in [6.45, 7) is 0. The van der Waals surface area contributed by atoms with E-state index >= 15 is 0 Å². The average Bonchev–Trinajstić information content (AvgIpc) is 2.44. The third kappa shape index (κ3) is 1.75. The van der Waals surface area contributed by atoms with E-state index in [1.165, 1.54) is 0 Å². The minimum absolute atomic E-state index is 0.0563. The van der Waals surface area contributed by atoms with E-state index < -0.39 is 25.5 Å². The largest absolute Gasteiger partial charge is 0.417 e. The lowest BCUT2D eigenvalue weighted by molar-refractivity contribution is 0.522. The highest BCUT2D eigenvalue weighted by molar-refractivity contribution is 8.13. The van der Waals surface area contributed by atoms with Crippen LogP contribution in [0.15, 0.2) is 26.2 Å². The summed E-state index contributed by atoms with van der Waals surface area (Å²) >= 11 is 0. The number of halogens is 2. The predicted molar refractivity (Wildman–Crippen MR) is 49.8 cm³/mol. The van der Waals surface area contributed by atoms with Gasteiger partial charge in [-0.15, -0.1) is 0 Å². The number of hydrogen-bond donors (Lipinski definition) is 1. The van der Waals surface area contributed by atoms with Gasteiger partial charge in [-0.25, -0.2) is 17.6 Å². The Morgan fingerprint density at radius 1 is 1.40 bits per heavy atom. The Morgan fingerprint density at radius 3 is 2.67 bits per heavy atom. The van der Waals surface area contributed by atoms with Crippen LogP contribution in [0.4, 0.5) is 4.39 Å². The molecule has 0 aliphatic carbocycles. The maximum atomic E-state index is 13.2. The van der Waals surface area contributed by atoms with Gasteiger partial charge in [0.2, 0.25) is 0 Å². The first kappa shape index (κ1) is 10.2. The van der Waals surface area contributed by atoms with Crippen molar-refractivity contribution >= 4 is 30.8 Å². The molecule has 8 heteroatoms. The van der Waals surface area contributed by atoms with Crippen LogP contribution in [0.25, 0.3) is 11.1 Å². The van der Waals surface area contributed by atoms with E-state index in [0.717, 1.165) is 6.07 Å². The van der Waals surface area contributed by atoms with Crippen molar-refractivity contribution in [1.82, 2.24) is 4.98 Å². The van der Waals surface area contributed by atoms with Gasteiger partial charge in [-0.05, 0) is 12.1 Å². The normalized spacial score (nSPS) is 12.1. The lowest BCUT2D eigenvalue weighted by atomic mass is 10.3. The molecule has 5 nitrogen and oxygen atoms in total. The maximum absolute atomic E-state index is 13.2. The SMILES string of the molecule is O=c1[nH]c2cc(S(=O)(=O)Cl)cc(F)c2o1. The van der Waals surface area contributed by atoms with Crippen LogP contribution in [-0.2, 0) is 9.05 Å². The summed E-state index contributed by atoms with van der Waals surface area (Å²) < 4.78 is 39.5. The zero-order chi connectivity index (χ0) is 11.2. The Balaban J connectivity index is 2.89. The van der Waals surface area contributed by atoms with E-state index in [4.69, 9.17) is 10.7 Å². The quantitative estimate of drug-likeness (QED) is 0.772. The highest BCUT2D eigenvalue weighted by Gasteiger charge is 2.16. The van der Waals surface area contributed by atoms with Crippen LogP contribution in [-0.4, -0.2) is 13.4 Å². The van der Waals surface area contributed by atoms with Gasteiger partial charge in [0.05, 0.1) is 10.4 Å². The molecule has 0 radical (unpaired) electrons. The number of oxazole rings is 1. The smallest absolute Gasteiger partial charge is 0.405 e. The van der Waals surface area contributed by atoms with Gasteiger partial charge in [-0.1, -0.05) is 0 Å². The maximum Gasteiger partial charge on any atom is 0.417 e. The van der Waals surface area contributed by atoms with Crippen molar-refractivity contribution in [2.75, 3.05) is 0 Å². The van der Waals surface area contributed by atoms with E-state index in [1.807, 2.05) is 0 Å². The highest BCUT2D eigenvalue weighted by atomic mass is 35.7. The number of hydrogen-bond acceptors (Lipinski definition) is 4. The molecule has 80 valence electrons. The summed E-state index contributed by atoms with van der Waals surface area (Å²) in [6, 6.07) is 1.70. The van der Waals surface area contributed by atoms with Gasteiger partial charge in [-0.2, -0.15) is 0 Å². The first-order valence-corrected chi connectivity index (χ1v) is 5.96. The van der Waals surface area contributed by atoms with Crippen molar-refractivity contribution in [1.29, 1.82) is 0 Å². The molecule has 2 rings (SSSR count). The monoisotopic (exact) mass is 251 g/mol. The van der Waals surface area contributed by atoms with Crippen LogP contribution in [0.2, 0.25) is 0 Å². The van der Waals surface area contributed by atoms with Crippen LogP contribution < -0.4 is 5.76 Å². The van der Waals surface area contributed by atoms with Crippen LogP contribution in [0.5, 0.6) is 0 Å². The third-order valence-electron chi connectivity index (χ3n) is 1.73. The standard InChI is InChI=1S/C7H3ClFNO4S/c8-15(12,13)3-1-4(9)6-5(2-3)10-7(11)14-6/h1-2H,(H,10,11). The van der Waals surface area contributed by atoms with Crippen molar-refractivity contribution in [2.24, 2.45) is 0 Å². The molecule has 0 unspecified atom stereocenters. The molecule has 0 saturated carbocycles. The van der Waals surface area contributed by atoms with Crippen molar-refractivity contribution < 1.29 is 17.2 Å². The van der Waals surface area contributed by atoms with E-state index in [-0.39, 0.29) is 11.1 Å². The second-order valence-electron chi connectivity index (χ2n) is 2.73. The molecule has 0 aliphatic rings. The molecule has 0 saturated heterocycles. The summed E-state index contributed by atoms with van der Waals surface area (Å²) in [5, 5.41) is 0. The summed E-state index contributed by atoms with van der Waals surface area (Å²) in [5.41, 5.74) is -0.386. The first-order chi connectivity index (χ1) is 6.88. The number of aromatic amines is 1. The van der Waals surface area contributed by atoms with Gasteiger partial charge in [0.25, 0.3) is 9.05 Å². The molecule has 2 aromatic rings. The molecule has 1 aromatic carbocycles. The van der Waals surface area contributed by atoms with E-state index in [2.05, 4.69) is 9.40 Å². The Hall–Kier alpha value is -1.34. The average molecular weight is 252 g/mol. The molecule has 1 heterocycles. The van der Waals surface area contributed by atoms with Gasteiger partial charge >= 0.3 is 5.76 Å². The summed E-state index contributed by atoms with van der Waals surface area (Å²) in [4.78, 5) is 12.4. The Morgan fingerprint density at radius 2 is 2.07 bits per heavy atom. The summed E-state index contributed by atoms with van der Waals surface area (Å²) in [5.74, 6) is -1.84. The van der Waals surface area contributed by atoms with E-state index in [0.29, 0.717) is 6.07 Å². The summed E-state index contributed by atoms with van der Waals surface area (Å²) in [6.07, 6.45) is 0. The molecule has 0 bridgehead atoms. The molecular formula is C7H3ClFNO4S. The fraction of sp³-hybridized carbons (Fsp3) is 0. The van der Waals surface area contributed by atoms with Crippen molar-refractivity contribution in [3.8, 4) is 0 Å². The molecule has 1 N–H and O–H groups in total. The Labute approximate surface area is 86.9 Å². The Kier molecular flexibility index (Phi) is 2.09. The molecular weight excluding hydrogens is 249 g/mol. The van der Waals surface area contributed by atoms with Crippen LogP contribution in [0.1, 0.15) is 0 Å². The number of aromatic nitrogens is 1. The second kappa shape index (κ2) is 3.07. The Bertz CT molecular complexity index is 687. The molecule has 0 atom stereocenters. The molecule has 0 fully saturated rings. The molecule has 0 aliphatic heterocycles. The summed E-state index contributed by atoms with van der Waals surface area (Å²) in [7, 11) is 0.982. The predicted octanol–water partition coefficient (Wildman–Crippen LogP) is 1.19. The lowest BCUT2D eigenvalue weighted by Crippen LogP contribution is -1.93. The molecule has 0 spiro atoms. The van der Waals surface area contributed by atoms with Gasteiger partial charge in [-0.3, -0.25) is 4.98 Å². The zero-order valence-corrected chi connectivity index (χ0v) is 8.52. The van der Waals surface area contributed by atoms with E-state index in [1.54, 1.807) is 0 Å². The second-order valence-corrected chi connectivity index (χ2v) is 5.30. The van der Waals surface area contributed by atoms with Gasteiger partial charge < -0.3 is 4.42 Å². The number of fused-ring (bicyclic) bond motifs is 1. The molecule has 15 heavy (non-hydrogen) atoms. The number of benzene rings is 1. The highest BCUT2D eigenvalue weighted by Crippen LogP contribution is 2.22. The fourth-order valence-corrected chi connectivity index (χ4v) is 1.90. The molecule has 1 aromatic heterocycles. The van der Waals surface area contributed by atoms with E-state index in [9.17, 15) is 17.6 Å². The zero-order valence-electron chi connectivity index (χ0n) is 6.95. The fourth-order valence-electron chi connectivity index (χ4n) is 1.13. The number of nitrogens with one attached hydrogen (secondary N) is 1. The van der Waals surface area contributed by atoms with Crippen LogP contribution >= 0.6 is 10.7 Å². The van der Waals surface area contributed by atoms with Crippen LogP contribution in [0, 0.1) is 5.82 Å². The number of rotatable bonds is 1. The van der Waals surface area contributed by atoms with Gasteiger partial charge in [0.15, 0.2) is 11.4 Å². The number of H-pyrrole nitrogens is 1. The topological polar surface area (TPSA) is 80.1 Å². The first-order valence-electron chi connectivity index (χ1n) is 3.65. The minimum atomic E-state index is -4.04. The van der Waals surface area contributed by atoms with Crippen molar-refractivity contribution in [3.63, 3.8) is 0 Å². The lowest BCUT2D eigenvalue weighted by Gasteiger charge is -1.96. The molecule has 0 amide bonds. The van der Waals surface area contributed by atoms with Crippen molar-refractivity contribution in [2.45, 2.75) is 4.90 Å². The van der Waals surface area contributed by atoms with Gasteiger partial charge in [0, 0.05) is 10.7 Å². The minimum Gasteiger partial charge on any atom is -0.405 e.